The normalized spacial score (nSPS) is 21.8. The molecular formula is C18H31N5O. The molecule has 0 aromatic carbocycles. The van der Waals surface area contributed by atoms with Crippen LogP contribution in [0.3, 0.4) is 0 Å². The van der Waals surface area contributed by atoms with Crippen molar-refractivity contribution in [2.45, 2.75) is 32.7 Å². The second-order valence-electron chi connectivity index (χ2n) is 7.50. The lowest BCUT2D eigenvalue weighted by molar-refractivity contribution is -0.133. The third-order valence-corrected chi connectivity index (χ3v) is 5.35. The maximum absolute atomic E-state index is 12.6. The van der Waals surface area contributed by atoms with Crippen LogP contribution >= 0.6 is 0 Å². The Balaban J connectivity index is 1.41. The van der Waals surface area contributed by atoms with Crippen molar-refractivity contribution in [2.24, 2.45) is 5.92 Å². The van der Waals surface area contributed by atoms with Gasteiger partial charge >= 0.3 is 0 Å². The van der Waals surface area contributed by atoms with Crippen LogP contribution in [0.25, 0.3) is 0 Å². The lowest BCUT2D eigenvalue weighted by Crippen LogP contribution is -2.45. The number of aromatic nitrogens is 2. The van der Waals surface area contributed by atoms with E-state index in [-0.39, 0.29) is 0 Å². The molecule has 0 radical (unpaired) electrons. The molecule has 1 amide bonds. The highest BCUT2D eigenvalue weighted by atomic mass is 16.2. The Bertz CT molecular complexity index is 535. The van der Waals surface area contributed by atoms with Gasteiger partial charge < -0.3 is 9.80 Å². The molecule has 0 bridgehead atoms. The molecule has 1 aromatic heterocycles. The number of piperidine rings is 1. The molecule has 6 heteroatoms. The highest BCUT2D eigenvalue weighted by Crippen LogP contribution is 2.19. The minimum absolute atomic E-state index is 0.313. The molecule has 2 aliphatic heterocycles. The fraction of sp³-hybridized carbons (Fsp3) is 0.778. The number of carbonyl (C=O) groups excluding carboxylic acids is 1. The quantitative estimate of drug-likeness (QED) is 0.827. The molecule has 0 saturated carbocycles. The van der Waals surface area contributed by atoms with Crippen molar-refractivity contribution in [1.29, 1.82) is 0 Å². The van der Waals surface area contributed by atoms with Gasteiger partial charge in [0, 0.05) is 38.9 Å². The molecule has 0 N–H and O–H groups in total. The Morgan fingerprint density at radius 1 is 1.17 bits per heavy atom. The molecule has 0 atom stereocenters. The molecular weight excluding hydrogens is 302 g/mol. The van der Waals surface area contributed by atoms with Crippen LogP contribution in [0.2, 0.25) is 0 Å². The fourth-order valence-corrected chi connectivity index (χ4v) is 3.75. The summed E-state index contributed by atoms with van der Waals surface area (Å²) >= 11 is 0. The number of aryl methyl sites for hydroxylation is 1. The maximum atomic E-state index is 12.6. The third-order valence-electron chi connectivity index (χ3n) is 5.35. The molecule has 0 aliphatic carbocycles. The average molecular weight is 333 g/mol. The smallest absolute Gasteiger partial charge is 0.236 e. The minimum Gasteiger partial charge on any atom is -0.342 e. The lowest BCUT2D eigenvalue weighted by Gasteiger charge is -2.33. The summed E-state index contributed by atoms with van der Waals surface area (Å²) in [6.07, 6.45) is 7.36. The molecule has 2 saturated heterocycles. The van der Waals surface area contributed by atoms with Gasteiger partial charge in [0.15, 0.2) is 0 Å². The number of hydrogen-bond acceptors (Lipinski definition) is 4. The van der Waals surface area contributed by atoms with E-state index < -0.39 is 0 Å². The zero-order valence-electron chi connectivity index (χ0n) is 15.2. The second kappa shape index (κ2) is 8.12. The summed E-state index contributed by atoms with van der Waals surface area (Å²) in [5, 5.41) is 4.38. The Labute approximate surface area is 145 Å². The van der Waals surface area contributed by atoms with Crippen LogP contribution < -0.4 is 0 Å². The van der Waals surface area contributed by atoms with Crippen LogP contribution in [0, 0.1) is 12.8 Å². The van der Waals surface area contributed by atoms with Gasteiger partial charge in [0.05, 0.1) is 12.7 Å². The standard InChI is InChI=1S/C18H31N5O/c1-16-12-19-23(13-16)14-17-4-8-22(9-5-17)18(24)15-21-7-3-6-20(2)10-11-21/h12-13,17H,3-11,14-15H2,1-2H3. The van der Waals surface area contributed by atoms with Gasteiger partial charge in [0.2, 0.25) is 5.91 Å². The van der Waals surface area contributed by atoms with Crippen LogP contribution in [0.5, 0.6) is 0 Å². The van der Waals surface area contributed by atoms with E-state index in [0.717, 1.165) is 65.1 Å². The van der Waals surface area contributed by atoms with Gasteiger partial charge in [-0.3, -0.25) is 14.4 Å². The van der Waals surface area contributed by atoms with Gasteiger partial charge in [-0.25, -0.2) is 0 Å². The fourth-order valence-electron chi connectivity index (χ4n) is 3.75. The van der Waals surface area contributed by atoms with E-state index in [1.165, 1.54) is 5.56 Å². The monoisotopic (exact) mass is 333 g/mol. The topological polar surface area (TPSA) is 44.6 Å². The Morgan fingerprint density at radius 2 is 1.96 bits per heavy atom. The van der Waals surface area contributed by atoms with Gasteiger partial charge in [0.25, 0.3) is 0 Å². The first-order chi connectivity index (χ1) is 11.6. The summed E-state index contributed by atoms with van der Waals surface area (Å²) in [4.78, 5) is 19.3. The van der Waals surface area contributed by atoms with E-state index in [0.29, 0.717) is 18.4 Å². The number of amides is 1. The third kappa shape index (κ3) is 4.80. The van der Waals surface area contributed by atoms with E-state index in [4.69, 9.17) is 0 Å². The zero-order valence-corrected chi connectivity index (χ0v) is 15.2. The van der Waals surface area contributed by atoms with Crippen molar-refractivity contribution >= 4 is 5.91 Å². The second-order valence-corrected chi connectivity index (χ2v) is 7.50. The van der Waals surface area contributed by atoms with Crippen molar-refractivity contribution < 1.29 is 4.79 Å². The summed E-state index contributed by atoms with van der Waals surface area (Å²) in [7, 11) is 2.16. The molecule has 24 heavy (non-hydrogen) atoms. The molecule has 3 rings (SSSR count). The Kier molecular flexibility index (Phi) is 5.89. The average Bonchev–Trinajstić information content (AvgIpc) is 2.86. The van der Waals surface area contributed by atoms with Crippen LogP contribution in [0.4, 0.5) is 0 Å². The molecule has 1 aromatic rings. The van der Waals surface area contributed by atoms with Crippen molar-refractivity contribution in [3.8, 4) is 0 Å². The number of likely N-dealkylation sites (tertiary alicyclic amines) is 1. The van der Waals surface area contributed by atoms with Crippen molar-refractivity contribution in [1.82, 2.24) is 24.5 Å². The highest BCUT2D eigenvalue weighted by molar-refractivity contribution is 5.78. The summed E-state index contributed by atoms with van der Waals surface area (Å²) in [6, 6.07) is 0. The van der Waals surface area contributed by atoms with E-state index in [1.807, 2.05) is 10.9 Å². The van der Waals surface area contributed by atoms with E-state index in [1.54, 1.807) is 0 Å². The first-order valence-electron chi connectivity index (χ1n) is 9.28. The van der Waals surface area contributed by atoms with Gasteiger partial charge in [0.1, 0.15) is 0 Å². The Hall–Kier alpha value is -1.40. The molecule has 134 valence electrons. The molecule has 0 spiro atoms. The lowest BCUT2D eigenvalue weighted by atomic mass is 9.97. The van der Waals surface area contributed by atoms with Crippen molar-refractivity contribution in [3.63, 3.8) is 0 Å². The van der Waals surface area contributed by atoms with Crippen molar-refractivity contribution in [3.05, 3.63) is 18.0 Å². The molecule has 2 aliphatic rings. The number of carbonyl (C=O) groups is 1. The Morgan fingerprint density at radius 3 is 2.67 bits per heavy atom. The van der Waals surface area contributed by atoms with Gasteiger partial charge in [-0.1, -0.05) is 0 Å². The summed E-state index contributed by atoms with van der Waals surface area (Å²) in [5.74, 6) is 0.952. The summed E-state index contributed by atoms with van der Waals surface area (Å²) < 4.78 is 2.05. The minimum atomic E-state index is 0.313. The van der Waals surface area contributed by atoms with Crippen LogP contribution in [-0.4, -0.2) is 83.2 Å². The van der Waals surface area contributed by atoms with Gasteiger partial charge in [-0.05, 0) is 57.8 Å². The van der Waals surface area contributed by atoms with Crippen LogP contribution in [-0.2, 0) is 11.3 Å². The van der Waals surface area contributed by atoms with Gasteiger partial charge in [-0.2, -0.15) is 5.10 Å². The van der Waals surface area contributed by atoms with Crippen molar-refractivity contribution in [2.75, 3.05) is 52.9 Å². The molecule has 3 heterocycles. The molecule has 0 unspecified atom stereocenters. The highest BCUT2D eigenvalue weighted by Gasteiger charge is 2.25. The largest absolute Gasteiger partial charge is 0.342 e. The predicted molar refractivity (Wildman–Crippen MR) is 94.8 cm³/mol. The predicted octanol–water partition coefficient (Wildman–Crippen LogP) is 1.07. The van der Waals surface area contributed by atoms with E-state index >= 15 is 0 Å². The van der Waals surface area contributed by atoms with Crippen LogP contribution in [0.1, 0.15) is 24.8 Å². The maximum Gasteiger partial charge on any atom is 0.236 e. The first-order valence-corrected chi connectivity index (χ1v) is 9.28. The summed E-state index contributed by atoms with van der Waals surface area (Å²) in [5.41, 5.74) is 1.21. The summed E-state index contributed by atoms with van der Waals surface area (Å²) in [6.45, 7) is 9.72. The molecule has 2 fully saturated rings. The number of likely N-dealkylation sites (N-methyl/N-ethyl adjacent to an activating group) is 1. The number of nitrogens with zero attached hydrogens (tertiary/aromatic N) is 5. The SMILES string of the molecule is Cc1cnn(CC2CCN(C(=O)CN3CCCN(C)CC3)CC2)c1. The van der Waals surface area contributed by atoms with Gasteiger partial charge in [-0.15, -0.1) is 0 Å². The van der Waals surface area contributed by atoms with Crippen LogP contribution in [0.15, 0.2) is 12.4 Å². The number of hydrogen-bond donors (Lipinski definition) is 0. The first kappa shape index (κ1) is 17.4. The number of rotatable bonds is 4. The zero-order chi connectivity index (χ0) is 16.9. The molecule has 6 nitrogen and oxygen atoms in total. The van der Waals surface area contributed by atoms with E-state index in [2.05, 4.69) is 40.0 Å². The van der Waals surface area contributed by atoms with E-state index in [9.17, 15) is 4.79 Å².